The predicted molar refractivity (Wildman–Crippen MR) is 83.6 cm³/mol. The van der Waals surface area contributed by atoms with Crippen LogP contribution in [-0.4, -0.2) is 22.2 Å². The Labute approximate surface area is 134 Å². The molecule has 0 heterocycles. The molecule has 0 bridgehead atoms. The summed E-state index contributed by atoms with van der Waals surface area (Å²) in [7, 11) is 0. The third-order valence-electron chi connectivity index (χ3n) is 3.57. The lowest BCUT2D eigenvalue weighted by atomic mass is 9.93. The summed E-state index contributed by atoms with van der Waals surface area (Å²) in [6, 6.07) is 3.77. The van der Waals surface area contributed by atoms with Gasteiger partial charge in [0.25, 0.3) is 5.69 Å². The van der Waals surface area contributed by atoms with E-state index in [-0.39, 0.29) is 16.7 Å². The number of nitrogens with one attached hydrogen (secondary N) is 1. The van der Waals surface area contributed by atoms with Crippen LogP contribution in [0.4, 0.5) is 5.69 Å². The summed E-state index contributed by atoms with van der Waals surface area (Å²) in [5.74, 6) is 0. The van der Waals surface area contributed by atoms with Crippen molar-refractivity contribution in [2.24, 2.45) is 0 Å². The van der Waals surface area contributed by atoms with Gasteiger partial charge in [0, 0.05) is 22.6 Å². The lowest BCUT2D eigenvalue weighted by Crippen LogP contribution is -2.34. The number of aliphatic hydroxyl groups excluding tert-OH is 1. The molecule has 1 aromatic carbocycles. The predicted octanol–water partition coefficient (Wildman–Crippen LogP) is 3.51. The van der Waals surface area contributed by atoms with Gasteiger partial charge in [-0.05, 0) is 53.7 Å². The Morgan fingerprint density at radius 2 is 1.95 bits per heavy atom. The second-order valence-corrected chi connectivity index (χ2v) is 6.81. The highest BCUT2D eigenvalue weighted by atomic mass is 79.9. The molecule has 7 heteroatoms. The van der Waals surface area contributed by atoms with E-state index in [0.29, 0.717) is 22.6 Å². The maximum Gasteiger partial charge on any atom is 0.288 e. The van der Waals surface area contributed by atoms with Gasteiger partial charge in [-0.15, -0.1) is 0 Å². The van der Waals surface area contributed by atoms with Gasteiger partial charge in [0.15, 0.2) is 0 Å². The Balaban J connectivity index is 2.07. The van der Waals surface area contributed by atoms with Gasteiger partial charge in [-0.1, -0.05) is 15.9 Å². The van der Waals surface area contributed by atoms with Crippen LogP contribution in [0.15, 0.2) is 21.1 Å². The molecule has 0 saturated heterocycles. The fourth-order valence-electron chi connectivity index (χ4n) is 2.49. The molecule has 1 saturated carbocycles. The molecule has 20 heavy (non-hydrogen) atoms. The Kier molecular flexibility index (Phi) is 5.54. The summed E-state index contributed by atoms with van der Waals surface area (Å²) in [6.07, 6.45) is 3.21. The topological polar surface area (TPSA) is 75.4 Å². The van der Waals surface area contributed by atoms with Crippen LogP contribution in [0.3, 0.4) is 0 Å². The first-order valence-corrected chi connectivity index (χ1v) is 8.09. The molecule has 5 nitrogen and oxygen atoms in total. The normalized spacial score (nSPS) is 22.8. The summed E-state index contributed by atoms with van der Waals surface area (Å²) in [6.45, 7) is 0.453. The van der Waals surface area contributed by atoms with Crippen molar-refractivity contribution in [3.63, 3.8) is 0 Å². The largest absolute Gasteiger partial charge is 0.393 e. The monoisotopic (exact) mass is 406 g/mol. The summed E-state index contributed by atoms with van der Waals surface area (Å²) in [5.41, 5.74) is 0.763. The lowest BCUT2D eigenvalue weighted by molar-refractivity contribution is -0.386. The minimum atomic E-state index is -0.363. The summed E-state index contributed by atoms with van der Waals surface area (Å²) in [4.78, 5) is 10.8. The van der Waals surface area contributed by atoms with Gasteiger partial charge in [0.1, 0.15) is 0 Å². The van der Waals surface area contributed by atoms with E-state index in [1.807, 2.05) is 0 Å². The van der Waals surface area contributed by atoms with Gasteiger partial charge in [-0.25, -0.2) is 0 Å². The third kappa shape index (κ3) is 4.00. The zero-order valence-corrected chi connectivity index (χ0v) is 14.0. The molecule has 0 unspecified atom stereocenters. The van der Waals surface area contributed by atoms with E-state index in [0.717, 1.165) is 30.2 Å². The first-order valence-electron chi connectivity index (χ1n) is 6.51. The SMILES string of the molecule is O=[N+]([O-])c1c(Br)cc(Br)cc1CNC1CCC(O)CC1. The van der Waals surface area contributed by atoms with E-state index in [2.05, 4.69) is 37.2 Å². The molecule has 0 spiro atoms. The van der Waals surface area contributed by atoms with Crippen LogP contribution in [0.25, 0.3) is 0 Å². The summed E-state index contributed by atoms with van der Waals surface area (Å²) >= 11 is 6.60. The first kappa shape index (κ1) is 15.9. The zero-order valence-electron chi connectivity index (χ0n) is 10.8. The van der Waals surface area contributed by atoms with Crippen LogP contribution in [0.2, 0.25) is 0 Å². The van der Waals surface area contributed by atoms with Crippen molar-refractivity contribution in [3.8, 4) is 0 Å². The lowest BCUT2D eigenvalue weighted by Gasteiger charge is -2.26. The standard InChI is InChI=1S/C13H16Br2N2O3/c14-9-5-8(13(17(19)20)12(15)6-9)7-16-10-1-3-11(18)4-2-10/h5-6,10-11,16,18H,1-4,7H2. The van der Waals surface area contributed by atoms with Crippen LogP contribution < -0.4 is 5.32 Å². The average Bonchev–Trinajstić information content (AvgIpc) is 2.36. The van der Waals surface area contributed by atoms with Crippen molar-refractivity contribution < 1.29 is 10.0 Å². The molecule has 2 N–H and O–H groups in total. The molecular formula is C13H16Br2N2O3. The van der Waals surface area contributed by atoms with Gasteiger partial charge in [-0.2, -0.15) is 0 Å². The highest BCUT2D eigenvalue weighted by molar-refractivity contribution is 9.11. The van der Waals surface area contributed by atoms with Crippen molar-refractivity contribution in [1.29, 1.82) is 0 Å². The molecule has 1 aliphatic carbocycles. The molecule has 0 aromatic heterocycles. The molecule has 0 atom stereocenters. The number of halogens is 2. The van der Waals surface area contributed by atoms with Crippen molar-refractivity contribution >= 4 is 37.5 Å². The van der Waals surface area contributed by atoms with Gasteiger partial charge in [0.05, 0.1) is 15.5 Å². The molecule has 0 aliphatic heterocycles. The number of rotatable bonds is 4. The van der Waals surface area contributed by atoms with Crippen LogP contribution >= 0.6 is 31.9 Å². The zero-order chi connectivity index (χ0) is 14.7. The van der Waals surface area contributed by atoms with Gasteiger partial charge < -0.3 is 10.4 Å². The second kappa shape index (κ2) is 6.98. The molecular weight excluding hydrogens is 392 g/mol. The van der Waals surface area contributed by atoms with Crippen LogP contribution in [-0.2, 0) is 6.54 Å². The van der Waals surface area contributed by atoms with E-state index >= 15 is 0 Å². The number of hydrogen-bond acceptors (Lipinski definition) is 4. The number of hydrogen-bond donors (Lipinski definition) is 2. The minimum absolute atomic E-state index is 0.108. The maximum absolute atomic E-state index is 11.1. The van der Waals surface area contributed by atoms with E-state index in [1.165, 1.54) is 0 Å². The van der Waals surface area contributed by atoms with Crippen molar-refractivity contribution in [3.05, 3.63) is 36.8 Å². The fraction of sp³-hybridized carbons (Fsp3) is 0.538. The molecule has 0 amide bonds. The number of nitro benzene ring substituents is 1. The number of nitrogens with zero attached hydrogens (tertiary/aromatic N) is 1. The van der Waals surface area contributed by atoms with E-state index < -0.39 is 0 Å². The number of benzene rings is 1. The van der Waals surface area contributed by atoms with Gasteiger partial charge in [0.2, 0.25) is 0 Å². The van der Waals surface area contributed by atoms with E-state index in [9.17, 15) is 15.2 Å². The summed E-state index contributed by atoms with van der Waals surface area (Å²) in [5, 5.41) is 24.0. The van der Waals surface area contributed by atoms with Gasteiger partial charge in [-0.3, -0.25) is 10.1 Å². The Morgan fingerprint density at radius 1 is 1.30 bits per heavy atom. The Bertz CT molecular complexity index is 503. The minimum Gasteiger partial charge on any atom is -0.393 e. The highest BCUT2D eigenvalue weighted by Gasteiger charge is 2.22. The molecule has 1 aliphatic rings. The molecule has 2 rings (SSSR count). The number of aliphatic hydroxyl groups is 1. The van der Waals surface area contributed by atoms with Crippen LogP contribution in [0.1, 0.15) is 31.2 Å². The molecule has 110 valence electrons. The quantitative estimate of drug-likeness (QED) is 0.591. The van der Waals surface area contributed by atoms with Crippen molar-refractivity contribution in [1.82, 2.24) is 5.32 Å². The van der Waals surface area contributed by atoms with E-state index in [1.54, 1.807) is 12.1 Å². The second-order valence-electron chi connectivity index (χ2n) is 5.04. The highest BCUT2D eigenvalue weighted by Crippen LogP contribution is 2.32. The van der Waals surface area contributed by atoms with Crippen molar-refractivity contribution in [2.75, 3.05) is 0 Å². The van der Waals surface area contributed by atoms with Crippen LogP contribution in [0, 0.1) is 10.1 Å². The third-order valence-corrected chi connectivity index (χ3v) is 4.63. The summed E-state index contributed by atoms with van der Waals surface area (Å²) < 4.78 is 1.29. The smallest absolute Gasteiger partial charge is 0.288 e. The van der Waals surface area contributed by atoms with Gasteiger partial charge >= 0.3 is 0 Å². The van der Waals surface area contributed by atoms with Crippen molar-refractivity contribution in [2.45, 2.75) is 44.4 Å². The molecule has 1 aromatic rings. The maximum atomic E-state index is 11.1. The van der Waals surface area contributed by atoms with Crippen LogP contribution in [0.5, 0.6) is 0 Å². The molecule has 1 fully saturated rings. The number of nitro groups is 1. The average molecular weight is 408 g/mol. The fourth-order valence-corrected chi connectivity index (χ4v) is 3.95. The Morgan fingerprint density at radius 3 is 2.55 bits per heavy atom. The van der Waals surface area contributed by atoms with E-state index in [4.69, 9.17) is 0 Å². The first-order chi connectivity index (χ1) is 9.47. The Hall–Kier alpha value is -0.500. The molecule has 0 radical (unpaired) electrons.